The fraction of sp³-hybridized carbons (Fsp3) is 0.696. The molecule has 7 heteroatoms. The van der Waals surface area contributed by atoms with Crippen LogP contribution in [0.2, 0.25) is 0 Å². The van der Waals surface area contributed by atoms with Crippen LogP contribution in [-0.4, -0.2) is 21.3 Å². The van der Waals surface area contributed by atoms with Gasteiger partial charge in [-0.1, -0.05) is 43.6 Å². The van der Waals surface area contributed by atoms with Crippen LogP contribution in [0.4, 0.5) is 5.69 Å². The maximum atomic E-state index is 12.4. The van der Waals surface area contributed by atoms with Gasteiger partial charge in [-0.25, -0.2) is 0 Å². The van der Waals surface area contributed by atoms with Gasteiger partial charge in [0.2, 0.25) is 0 Å². The van der Waals surface area contributed by atoms with Crippen molar-refractivity contribution in [3.63, 3.8) is 0 Å². The molecule has 162 valence electrons. The number of alkyl halides is 1. The smallest absolute Gasteiger partial charge is 0.283 e. The molecule has 1 aromatic carbocycles. The van der Waals surface area contributed by atoms with E-state index in [1.165, 1.54) is 0 Å². The van der Waals surface area contributed by atoms with Crippen molar-refractivity contribution in [1.82, 2.24) is 5.32 Å². The Labute approximate surface area is 185 Å². The van der Waals surface area contributed by atoms with E-state index in [0.717, 1.165) is 43.4 Å². The molecular formula is C23H29BrN2O4. The summed E-state index contributed by atoms with van der Waals surface area (Å²) in [7, 11) is 0. The monoisotopic (exact) mass is 476 g/mol. The third kappa shape index (κ3) is 2.33. The quantitative estimate of drug-likeness (QED) is 0.345. The zero-order valence-electron chi connectivity index (χ0n) is 18.0. The molecule has 2 aliphatic heterocycles. The molecule has 1 N–H and O–H groups in total. The molecule has 2 saturated carbocycles. The number of benzene rings is 1. The van der Waals surface area contributed by atoms with E-state index in [1.54, 1.807) is 6.07 Å². The Morgan fingerprint density at radius 2 is 2.00 bits per heavy atom. The van der Waals surface area contributed by atoms with Crippen molar-refractivity contribution >= 4 is 27.5 Å². The topological polar surface area (TPSA) is 81.5 Å². The molecule has 1 amide bonds. The van der Waals surface area contributed by atoms with Gasteiger partial charge in [0.05, 0.1) is 4.92 Å². The molecule has 1 spiro atoms. The predicted octanol–water partition coefficient (Wildman–Crippen LogP) is 5.15. The van der Waals surface area contributed by atoms with E-state index in [0.29, 0.717) is 28.8 Å². The van der Waals surface area contributed by atoms with Gasteiger partial charge >= 0.3 is 0 Å². The van der Waals surface area contributed by atoms with Crippen molar-refractivity contribution in [2.45, 2.75) is 76.8 Å². The number of carbonyl (C=O) groups is 1. The number of nitrogens with one attached hydrogen (secondary N) is 1. The molecule has 5 atom stereocenters. The first-order valence-electron chi connectivity index (χ1n) is 11.0. The van der Waals surface area contributed by atoms with E-state index in [-0.39, 0.29) is 33.6 Å². The maximum Gasteiger partial charge on any atom is 0.283 e. The number of rotatable bonds is 1. The SMILES string of the molecule is C[C@H]1CC[C@H]2C(C)(C)C(Br)CC[C@]23Oc2c(cc([N+](=O)[O-])c4c2CNC4=O)C[C@]13C. The van der Waals surface area contributed by atoms with E-state index in [1.807, 2.05) is 0 Å². The Morgan fingerprint density at radius 1 is 1.27 bits per heavy atom. The van der Waals surface area contributed by atoms with Crippen LogP contribution in [0.1, 0.15) is 74.9 Å². The third-order valence-corrected chi connectivity index (χ3v) is 10.7. The molecule has 2 fully saturated rings. The second-order valence-electron chi connectivity index (χ2n) is 10.6. The number of amides is 1. The first-order valence-corrected chi connectivity index (χ1v) is 11.9. The second-order valence-corrected chi connectivity index (χ2v) is 11.7. The minimum Gasteiger partial charge on any atom is -0.486 e. The van der Waals surface area contributed by atoms with E-state index in [9.17, 15) is 14.9 Å². The highest BCUT2D eigenvalue weighted by molar-refractivity contribution is 9.09. The Morgan fingerprint density at radius 3 is 2.70 bits per heavy atom. The van der Waals surface area contributed by atoms with Crippen LogP contribution >= 0.6 is 15.9 Å². The number of hydrogen-bond donors (Lipinski definition) is 1. The molecule has 6 nitrogen and oxygen atoms in total. The van der Waals surface area contributed by atoms with Gasteiger partial charge in [-0.15, -0.1) is 0 Å². The zero-order chi connectivity index (χ0) is 21.6. The van der Waals surface area contributed by atoms with Crippen LogP contribution in [-0.2, 0) is 13.0 Å². The molecule has 4 aliphatic rings. The average molecular weight is 477 g/mol. The van der Waals surface area contributed by atoms with Crippen LogP contribution in [0.3, 0.4) is 0 Å². The van der Waals surface area contributed by atoms with Crippen molar-refractivity contribution in [1.29, 1.82) is 0 Å². The molecule has 0 radical (unpaired) electrons. The van der Waals surface area contributed by atoms with Crippen molar-refractivity contribution in [3.8, 4) is 5.75 Å². The minimum atomic E-state index is -0.428. The number of nitro groups is 1. The molecule has 1 aromatic rings. The highest BCUT2D eigenvalue weighted by atomic mass is 79.9. The lowest BCUT2D eigenvalue weighted by Gasteiger charge is -2.67. The van der Waals surface area contributed by atoms with Crippen LogP contribution in [0.25, 0.3) is 0 Å². The van der Waals surface area contributed by atoms with Crippen molar-refractivity contribution in [2.75, 3.05) is 0 Å². The summed E-state index contributed by atoms with van der Waals surface area (Å²) >= 11 is 3.95. The summed E-state index contributed by atoms with van der Waals surface area (Å²) in [5.74, 6) is 1.20. The highest BCUT2D eigenvalue weighted by Crippen LogP contribution is 2.67. The average Bonchev–Trinajstić information content (AvgIpc) is 3.06. The molecule has 0 saturated heterocycles. The summed E-state index contributed by atoms with van der Waals surface area (Å²) in [5, 5.41) is 14.5. The van der Waals surface area contributed by atoms with Gasteiger partial charge in [-0.2, -0.15) is 0 Å². The number of nitrogens with zero attached hydrogens (tertiary/aromatic N) is 1. The van der Waals surface area contributed by atoms with Crippen LogP contribution in [0.5, 0.6) is 5.75 Å². The van der Waals surface area contributed by atoms with Crippen LogP contribution in [0.15, 0.2) is 6.07 Å². The summed E-state index contributed by atoms with van der Waals surface area (Å²) in [6, 6.07) is 1.61. The minimum absolute atomic E-state index is 0.0785. The first kappa shape index (κ1) is 20.3. The molecule has 2 heterocycles. The molecule has 5 rings (SSSR count). The second kappa shape index (κ2) is 6.21. The summed E-state index contributed by atoms with van der Waals surface area (Å²) in [6.45, 7) is 9.64. The van der Waals surface area contributed by atoms with Crippen molar-refractivity contribution in [2.24, 2.45) is 22.7 Å². The van der Waals surface area contributed by atoms with Crippen LogP contribution in [0, 0.1) is 32.8 Å². The van der Waals surface area contributed by atoms with Gasteiger partial charge in [-0.05, 0) is 43.4 Å². The summed E-state index contributed by atoms with van der Waals surface area (Å²) < 4.78 is 7.08. The fourth-order valence-corrected chi connectivity index (χ4v) is 7.68. The standard InChI is InChI=1S/C23H29BrN2O4/c1-12-5-6-16-21(2,3)17(24)7-8-23(16)22(12,4)10-13-9-15(26(28)29)18-14(19(13)30-23)11-25-20(18)27/h9,12,16-17H,5-8,10-11H2,1-4H3,(H,25,27)/t12-,16-,17?,22+,23-/m0/s1. The van der Waals surface area contributed by atoms with E-state index < -0.39 is 4.92 Å². The molecule has 1 unspecified atom stereocenters. The normalized spacial score (nSPS) is 38.4. The van der Waals surface area contributed by atoms with E-state index in [4.69, 9.17) is 4.74 Å². The Kier molecular flexibility index (Phi) is 4.20. The van der Waals surface area contributed by atoms with Crippen LogP contribution < -0.4 is 10.1 Å². The van der Waals surface area contributed by atoms with E-state index in [2.05, 4.69) is 48.9 Å². The van der Waals surface area contributed by atoms with Gasteiger partial charge in [0, 0.05) is 39.9 Å². The first-order chi connectivity index (χ1) is 14.0. The molecule has 0 aromatic heterocycles. The number of carbonyl (C=O) groups excluding carboxylic acids is 1. The fourth-order valence-electron chi connectivity index (χ4n) is 7.13. The lowest BCUT2D eigenvalue weighted by atomic mass is 9.44. The largest absolute Gasteiger partial charge is 0.486 e. The van der Waals surface area contributed by atoms with Gasteiger partial charge in [-0.3, -0.25) is 14.9 Å². The summed E-state index contributed by atoms with van der Waals surface area (Å²) in [6.07, 6.45) is 5.01. The van der Waals surface area contributed by atoms with Gasteiger partial charge in [0.1, 0.15) is 16.9 Å². The Hall–Kier alpha value is -1.63. The number of ether oxygens (including phenoxy) is 1. The number of nitro benzene ring substituents is 1. The number of halogens is 1. The number of fused-ring (bicyclic) bond motifs is 3. The molecule has 0 bridgehead atoms. The van der Waals surface area contributed by atoms with Crippen molar-refractivity contribution < 1.29 is 14.5 Å². The Bertz CT molecular complexity index is 976. The van der Waals surface area contributed by atoms with Gasteiger partial charge in [0.25, 0.3) is 11.6 Å². The van der Waals surface area contributed by atoms with Crippen molar-refractivity contribution in [3.05, 3.63) is 32.9 Å². The molecule has 30 heavy (non-hydrogen) atoms. The maximum absolute atomic E-state index is 12.4. The lowest BCUT2D eigenvalue weighted by Crippen LogP contribution is -2.69. The third-order valence-electron chi connectivity index (χ3n) is 9.11. The summed E-state index contributed by atoms with van der Waals surface area (Å²) in [4.78, 5) is 24.2. The Balaban J connectivity index is 1.74. The zero-order valence-corrected chi connectivity index (χ0v) is 19.6. The summed E-state index contributed by atoms with van der Waals surface area (Å²) in [5.41, 5.74) is 1.31. The number of hydrogen-bond acceptors (Lipinski definition) is 4. The van der Waals surface area contributed by atoms with E-state index >= 15 is 0 Å². The highest BCUT2D eigenvalue weighted by Gasteiger charge is 2.67. The van der Waals surface area contributed by atoms with Gasteiger partial charge in [0.15, 0.2) is 0 Å². The molecule has 2 aliphatic carbocycles. The van der Waals surface area contributed by atoms with Gasteiger partial charge < -0.3 is 10.1 Å². The predicted molar refractivity (Wildman–Crippen MR) is 117 cm³/mol. The lowest BCUT2D eigenvalue weighted by molar-refractivity contribution is -0.385. The molecular weight excluding hydrogens is 448 g/mol.